The molecule has 0 unspecified atom stereocenters. The van der Waals surface area contributed by atoms with Crippen LogP contribution in [0.2, 0.25) is 0 Å². The minimum Gasteiger partial charge on any atom is -0.316 e. The Balaban J connectivity index is 3.70. The van der Waals surface area contributed by atoms with E-state index in [1.165, 1.54) is 5.57 Å². The molecule has 1 N–H and O–H groups in total. The molecule has 0 saturated heterocycles. The van der Waals surface area contributed by atoms with Crippen LogP contribution in [0.15, 0.2) is 23.8 Å². The van der Waals surface area contributed by atoms with Crippen LogP contribution in [-0.4, -0.2) is 13.6 Å². The molecular formula is C8H15N. The van der Waals surface area contributed by atoms with Gasteiger partial charge in [0.05, 0.1) is 0 Å². The van der Waals surface area contributed by atoms with E-state index in [9.17, 15) is 0 Å². The highest BCUT2D eigenvalue weighted by Crippen LogP contribution is 1.92. The van der Waals surface area contributed by atoms with Gasteiger partial charge in [0.2, 0.25) is 0 Å². The zero-order chi connectivity index (χ0) is 7.11. The zero-order valence-corrected chi connectivity index (χ0v) is 6.44. The van der Waals surface area contributed by atoms with E-state index in [0.717, 1.165) is 6.54 Å². The van der Waals surface area contributed by atoms with Crippen molar-refractivity contribution in [2.45, 2.75) is 13.8 Å². The van der Waals surface area contributed by atoms with Crippen LogP contribution in [0.4, 0.5) is 0 Å². The van der Waals surface area contributed by atoms with Crippen molar-refractivity contribution in [1.82, 2.24) is 5.32 Å². The lowest BCUT2D eigenvalue weighted by Crippen LogP contribution is -2.08. The van der Waals surface area contributed by atoms with Gasteiger partial charge in [0.15, 0.2) is 0 Å². The van der Waals surface area contributed by atoms with Crippen molar-refractivity contribution >= 4 is 0 Å². The van der Waals surface area contributed by atoms with E-state index < -0.39 is 0 Å². The van der Waals surface area contributed by atoms with Crippen LogP contribution in [0.3, 0.4) is 0 Å². The third kappa shape index (κ3) is 3.98. The van der Waals surface area contributed by atoms with Gasteiger partial charge < -0.3 is 5.32 Å². The summed E-state index contributed by atoms with van der Waals surface area (Å²) in [7, 11) is 1.95. The monoisotopic (exact) mass is 125 g/mol. The highest BCUT2D eigenvalue weighted by atomic mass is 14.8. The lowest BCUT2D eigenvalue weighted by Gasteiger charge is -1.96. The van der Waals surface area contributed by atoms with Crippen molar-refractivity contribution in [2.75, 3.05) is 13.6 Å². The Kier molecular flexibility index (Phi) is 5.23. The molecule has 0 atom stereocenters. The first kappa shape index (κ1) is 8.44. The smallest absolute Gasteiger partial charge is 0.0199 e. The highest BCUT2D eigenvalue weighted by Gasteiger charge is 1.83. The Labute approximate surface area is 57.5 Å². The van der Waals surface area contributed by atoms with E-state index in [1.54, 1.807) is 0 Å². The van der Waals surface area contributed by atoms with E-state index >= 15 is 0 Å². The number of nitrogens with one attached hydrogen (secondary N) is 1. The molecule has 0 bridgehead atoms. The predicted octanol–water partition coefficient (Wildman–Crippen LogP) is 1.73. The summed E-state index contributed by atoms with van der Waals surface area (Å²) in [4.78, 5) is 0. The molecule has 0 radical (unpaired) electrons. The first-order chi connectivity index (χ1) is 4.35. The largest absolute Gasteiger partial charge is 0.316 e. The van der Waals surface area contributed by atoms with Crippen LogP contribution in [0.5, 0.6) is 0 Å². The van der Waals surface area contributed by atoms with E-state index in [2.05, 4.69) is 17.5 Å². The Hall–Kier alpha value is -0.560. The van der Waals surface area contributed by atoms with E-state index in [4.69, 9.17) is 0 Å². The summed E-state index contributed by atoms with van der Waals surface area (Å²) < 4.78 is 0. The second kappa shape index (κ2) is 5.57. The topological polar surface area (TPSA) is 12.0 Å². The first-order valence-corrected chi connectivity index (χ1v) is 3.27. The van der Waals surface area contributed by atoms with Crippen LogP contribution in [0.25, 0.3) is 0 Å². The molecule has 9 heavy (non-hydrogen) atoms. The SMILES string of the molecule is CC=CC(=CC)CNC. The van der Waals surface area contributed by atoms with Gasteiger partial charge in [0.25, 0.3) is 0 Å². The fourth-order valence-corrected chi connectivity index (χ4v) is 0.675. The molecule has 0 aliphatic rings. The molecule has 0 aromatic carbocycles. The molecule has 0 saturated carbocycles. The molecule has 0 aliphatic carbocycles. The average molecular weight is 125 g/mol. The minimum absolute atomic E-state index is 0.959. The van der Waals surface area contributed by atoms with Gasteiger partial charge in [-0.3, -0.25) is 0 Å². The number of allylic oxidation sites excluding steroid dienone is 2. The number of rotatable bonds is 3. The maximum atomic E-state index is 3.08. The summed E-state index contributed by atoms with van der Waals surface area (Å²) in [5.74, 6) is 0. The van der Waals surface area contributed by atoms with Gasteiger partial charge >= 0.3 is 0 Å². The van der Waals surface area contributed by atoms with E-state index in [1.807, 2.05) is 27.0 Å². The second-order valence-corrected chi connectivity index (χ2v) is 1.89. The molecule has 52 valence electrons. The van der Waals surface area contributed by atoms with Gasteiger partial charge in [-0.05, 0) is 26.5 Å². The summed E-state index contributed by atoms with van der Waals surface area (Å²) in [5.41, 5.74) is 1.33. The quantitative estimate of drug-likeness (QED) is 0.566. The molecule has 1 nitrogen and oxygen atoms in total. The highest BCUT2D eigenvalue weighted by molar-refractivity contribution is 5.18. The fourth-order valence-electron chi connectivity index (χ4n) is 0.675. The summed E-state index contributed by atoms with van der Waals surface area (Å²) in [6, 6.07) is 0. The Morgan fingerprint density at radius 1 is 1.44 bits per heavy atom. The number of hydrogen-bond acceptors (Lipinski definition) is 1. The van der Waals surface area contributed by atoms with Gasteiger partial charge in [-0.2, -0.15) is 0 Å². The third-order valence-corrected chi connectivity index (χ3v) is 1.13. The molecular weight excluding hydrogens is 110 g/mol. The van der Waals surface area contributed by atoms with Crippen LogP contribution in [0.1, 0.15) is 13.8 Å². The summed E-state index contributed by atoms with van der Waals surface area (Å²) in [6.45, 7) is 5.03. The van der Waals surface area contributed by atoms with Gasteiger partial charge in [-0.15, -0.1) is 0 Å². The normalized spacial score (nSPS) is 13.0. The molecule has 0 heterocycles. The van der Waals surface area contributed by atoms with Crippen molar-refractivity contribution in [3.8, 4) is 0 Å². The first-order valence-electron chi connectivity index (χ1n) is 3.27. The molecule has 0 fully saturated rings. The Morgan fingerprint density at radius 2 is 2.11 bits per heavy atom. The van der Waals surface area contributed by atoms with E-state index in [0.29, 0.717) is 0 Å². The lowest BCUT2D eigenvalue weighted by atomic mass is 10.2. The minimum atomic E-state index is 0.959. The van der Waals surface area contributed by atoms with Crippen LogP contribution in [-0.2, 0) is 0 Å². The lowest BCUT2D eigenvalue weighted by molar-refractivity contribution is 0.894. The molecule has 0 aromatic heterocycles. The fraction of sp³-hybridized carbons (Fsp3) is 0.500. The van der Waals surface area contributed by atoms with Gasteiger partial charge in [-0.1, -0.05) is 18.2 Å². The van der Waals surface area contributed by atoms with Crippen LogP contribution in [0, 0.1) is 0 Å². The standard InChI is InChI=1S/C8H15N/c1-4-6-8(5-2)7-9-3/h4-6,9H,7H2,1-3H3. The second-order valence-electron chi connectivity index (χ2n) is 1.89. The molecule has 0 rings (SSSR count). The van der Waals surface area contributed by atoms with E-state index in [-0.39, 0.29) is 0 Å². The summed E-state index contributed by atoms with van der Waals surface area (Å²) in [5, 5.41) is 3.08. The Morgan fingerprint density at radius 3 is 2.44 bits per heavy atom. The molecule has 0 spiro atoms. The maximum absolute atomic E-state index is 3.08. The maximum Gasteiger partial charge on any atom is 0.0199 e. The van der Waals surface area contributed by atoms with Gasteiger partial charge in [-0.25, -0.2) is 0 Å². The average Bonchev–Trinajstić information content (AvgIpc) is 1.88. The van der Waals surface area contributed by atoms with Crippen molar-refractivity contribution in [3.05, 3.63) is 23.8 Å². The Bertz CT molecular complexity index is 112. The van der Waals surface area contributed by atoms with Gasteiger partial charge in [0, 0.05) is 6.54 Å². The van der Waals surface area contributed by atoms with Crippen molar-refractivity contribution in [2.24, 2.45) is 0 Å². The summed E-state index contributed by atoms with van der Waals surface area (Å²) >= 11 is 0. The third-order valence-electron chi connectivity index (χ3n) is 1.13. The molecule has 0 amide bonds. The zero-order valence-electron chi connectivity index (χ0n) is 6.44. The molecule has 1 heteroatoms. The molecule has 0 aliphatic heterocycles. The van der Waals surface area contributed by atoms with Crippen molar-refractivity contribution in [1.29, 1.82) is 0 Å². The molecule has 0 aromatic rings. The number of hydrogen-bond donors (Lipinski definition) is 1. The van der Waals surface area contributed by atoms with Crippen LogP contribution >= 0.6 is 0 Å². The van der Waals surface area contributed by atoms with Gasteiger partial charge in [0.1, 0.15) is 0 Å². The van der Waals surface area contributed by atoms with Crippen molar-refractivity contribution in [3.63, 3.8) is 0 Å². The predicted molar refractivity (Wildman–Crippen MR) is 42.5 cm³/mol. The van der Waals surface area contributed by atoms with Crippen LogP contribution < -0.4 is 5.32 Å². The number of likely N-dealkylation sites (N-methyl/N-ethyl adjacent to an activating group) is 1. The van der Waals surface area contributed by atoms with Crippen molar-refractivity contribution < 1.29 is 0 Å². The summed E-state index contributed by atoms with van der Waals surface area (Å²) in [6.07, 6.45) is 6.26.